The van der Waals surface area contributed by atoms with Crippen molar-refractivity contribution in [2.45, 2.75) is 25.7 Å². The fourth-order valence-corrected chi connectivity index (χ4v) is 2.22. The SMILES string of the molecule is C[N+](C)(CCCO)CCCO.C[N+](C)(CCCO)CCCO.O=[Si]([O-])[O-]. The van der Waals surface area contributed by atoms with Gasteiger partial charge in [0.05, 0.1) is 54.4 Å². The van der Waals surface area contributed by atoms with Crippen LogP contribution < -0.4 is 9.59 Å². The zero-order valence-electron chi connectivity index (χ0n) is 16.9. The number of quaternary nitrogens is 2. The molecule has 0 aliphatic rings. The number of aliphatic hydroxyl groups excluding tert-OH is 4. The van der Waals surface area contributed by atoms with Gasteiger partial charge in [0.25, 0.3) is 0 Å². The van der Waals surface area contributed by atoms with Crippen LogP contribution in [0, 0.1) is 0 Å². The van der Waals surface area contributed by atoms with Gasteiger partial charge in [-0.3, -0.25) is 0 Å². The standard InChI is InChI=1S/2C8H20NO2.O3Si/c2*1-9(2,5-3-7-10)6-4-8-11;1-4(2)3/h2*10-11H,3-8H2,1-2H3;/q2*+1;-2. The Morgan fingerprint density at radius 2 is 0.769 bits per heavy atom. The summed E-state index contributed by atoms with van der Waals surface area (Å²) in [5.41, 5.74) is 0. The fraction of sp³-hybridized carbons (Fsp3) is 1.00. The van der Waals surface area contributed by atoms with Crippen molar-refractivity contribution in [1.29, 1.82) is 0 Å². The average Bonchev–Trinajstić information content (AvgIpc) is 2.55. The summed E-state index contributed by atoms with van der Waals surface area (Å²) >= 11 is 0. The van der Waals surface area contributed by atoms with Gasteiger partial charge in [-0.25, -0.2) is 0 Å². The molecule has 0 heterocycles. The molecule has 0 bridgehead atoms. The molecular weight excluding hydrogens is 360 g/mol. The van der Waals surface area contributed by atoms with Crippen molar-refractivity contribution in [2.24, 2.45) is 0 Å². The molecular formula is C16H40N2O7Si. The van der Waals surface area contributed by atoms with Gasteiger partial charge < -0.3 is 43.4 Å². The third-order valence-electron chi connectivity index (χ3n) is 3.69. The van der Waals surface area contributed by atoms with Crippen LogP contribution in [0.2, 0.25) is 0 Å². The van der Waals surface area contributed by atoms with E-state index in [-0.39, 0.29) is 26.4 Å². The molecule has 0 amide bonds. The zero-order chi connectivity index (χ0) is 21.1. The molecule has 0 spiro atoms. The van der Waals surface area contributed by atoms with Crippen molar-refractivity contribution in [1.82, 2.24) is 0 Å². The van der Waals surface area contributed by atoms with Crippen LogP contribution in [0.4, 0.5) is 0 Å². The second kappa shape index (κ2) is 19.1. The quantitative estimate of drug-likeness (QED) is 0.199. The van der Waals surface area contributed by atoms with Crippen molar-refractivity contribution in [3.05, 3.63) is 0 Å². The Labute approximate surface area is 159 Å². The van der Waals surface area contributed by atoms with Gasteiger partial charge in [0, 0.05) is 61.3 Å². The molecule has 4 N–H and O–H groups in total. The molecule has 0 aromatic heterocycles. The highest BCUT2D eigenvalue weighted by Crippen LogP contribution is 2.00. The van der Waals surface area contributed by atoms with E-state index in [0.717, 1.165) is 60.8 Å². The summed E-state index contributed by atoms with van der Waals surface area (Å²) in [6.07, 6.45) is 3.38. The second-order valence-electron chi connectivity index (χ2n) is 7.32. The highest BCUT2D eigenvalue weighted by molar-refractivity contribution is 6.17. The first kappa shape index (κ1) is 30.1. The van der Waals surface area contributed by atoms with Crippen molar-refractivity contribution in [3.63, 3.8) is 0 Å². The minimum Gasteiger partial charge on any atom is -0.672 e. The summed E-state index contributed by atoms with van der Waals surface area (Å²) in [4.78, 5) is 17.0. The lowest BCUT2D eigenvalue weighted by Crippen LogP contribution is -2.41. The van der Waals surface area contributed by atoms with Gasteiger partial charge in [0.1, 0.15) is 0 Å². The Hall–Kier alpha value is -0.623. The molecule has 0 unspecified atom stereocenters. The van der Waals surface area contributed by atoms with Gasteiger partial charge in [-0.1, -0.05) is 0 Å². The Morgan fingerprint density at radius 1 is 0.615 bits per heavy atom. The molecule has 26 heavy (non-hydrogen) atoms. The van der Waals surface area contributed by atoms with Crippen LogP contribution in [-0.2, 0) is 4.46 Å². The predicted molar refractivity (Wildman–Crippen MR) is 96.9 cm³/mol. The van der Waals surface area contributed by atoms with E-state index in [4.69, 9.17) is 34.5 Å². The molecule has 0 aromatic carbocycles. The summed E-state index contributed by atoms with van der Waals surface area (Å²) < 4.78 is 10.3. The lowest BCUT2D eigenvalue weighted by molar-refractivity contribution is -0.890. The van der Waals surface area contributed by atoms with E-state index in [1.54, 1.807) is 0 Å². The van der Waals surface area contributed by atoms with Crippen molar-refractivity contribution >= 4 is 9.17 Å². The molecule has 10 heteroatoms. The molecule has 0 aromatic rings. The molecule has 0 atom stereocenters. The number of aliphatic hydroxyl groups is 4. The zero-order valence-corrected chi connectivity index (χ0v) is 17.9. The Balaban J connectivity index is -0.000000338. The molecule has 0 saturated heterocycles. The Bertz CT molecular complexity index is 271. The molecule has 0 saturated carbocycles. The van der Waals surface area contributed by atoms with Crippen LogP contribution in [0.1, 0.15) is 25.7 Å². The lowest BCUT2D eigenvalue weighted by atomic mass is 10.3. The van der Waals surface area contributed by atoms with Crippen molar-refractivity contribution in [2.75, 3.05) is 80.8 Å². The number of hydrogen-bond donors (Lipinski definition) is 4. The minimum absolute atomic E-state index is 0.265. The van der Waals surface area contributed by atoms with Gasteiger partial charge in [0.15, 0.2) is 0 Å². The van der Waals surface area contributed by atoms with Crippen LogP contribution in [0.25, 0.3) is 0 Å². The normalized spacial score (nSPS) is 11.1. The molecule has 0 rings (SSSR count). The van der Waals surface area contributed by atoms with Crippen LogP contribution in [-0.4, -0.2) is 119 Å². The first-order chi connectivity index (χ1) is 12.0. The Kier molecular flexibility index (Phi) is 22.2. The third-order valence-corrected chi connectivity index (χ3v) is 3.69. The molecule has 160 valence electrons. The first-order valence-corrected chi connectivity index (χ1v) is 10.2. The third kappa shape index (κ3) is 31.2. The van der Waals surface area contributed by atoms with Crippen molar-refractivity contribution in [3.8, 4) is 0 Å². The minimum atomic E-state index is -3.63. The smallest absolute Gasteiger partial charge is 0.0804 e. The van der Waals surface area contributed by atoms with E-state index in [9.17, 15) is 0 Å². The highest BCUT2D eigenvalue weighted by atomic mass is 28.3. The number of hydrogen-bond acceptors (Lipinski definition) is 7. The van der Waals surface area contributed by atoms with Crippen LogP contribution >= 0.6 is 0 Å². The first-order valence-electron chi connectivity index (χ1n) is 8.93. The fourth-order valence-electron chi connectivity index (χ4n) is 2.22. The average molecular weight is 401 g/mol. The Morgan fingerprint density at radius 3 is 0.885 bits per heavy atom. The summed E-state index contributed by atoms with van der Waals surface area (Å²) in [6.45, 7) is 4.99. The second-order valence-corrected chi connectivity index (χ2v) is 7.82. The molecule has 9 nitrogen and oxygen atoms in total. The molecule has 0 fully saturated rings. The maximum absolute atomic E-state index is 8.60. The topological polar surface area (TPSA) is 144 Å². The lowest BCUT2D eigenvalue weighted by Gasteiger charge is -2.29. The van der Waals surface area contributed by atoms with Gasteiger partial charge in [-0.2, -0.15) is 0 Å². The van der Waals surface area contributed by atoms with Gasteiger partial charge in [-0.05, 0) is 0 Å². The summed E-state index contributed by atoms with van der Waals surface area (Å²) in [5.74, 6) is 0. The largest absolute Gasteiger partial charge is 0.672 e. The monoisotopic (exact) mass is 400 g/mol. The van der Waals surface area contributed by atoms with Crippen LogP contribution in [0.5, 0.6) is 0 Å². The van der Waals surface area contributed by atoms with Gasteiger partial charge in [-0.15, -0.1) is 0 Å². The van der Waals surface area contributed by atoms with Gasteiger partial charge >= 0.3 is 0 Å². The molecule has 0 aliphatic heterocycles. The van der Waals surface area contributed by atoms with E-state index >= 15 is 0 Å². The predicted octanol–water partition coefficient (Wildman–Crippen LogP) is -3.22. The molecule has 0 aliphatic carbocycles. The highest BCUT2D eigenvalue weighted by Gasteiger charge is 2.13. The van der Waals surface area contributed by atoms with E-state index < -0.39 is 9.17 Å². The summed E-state index contributed by atoms with van der Waals surface area (Å²) in [7, 11) is 4.84. The maximum Gasteiger partial charge on any atom is 0.0804 e. The maximum atomic E-state index is 8.60. The summed E-state index contributed by atoms with van der Waals surface area (Å²) in [5, 5.41) is 34.4. The van der Waals surface area contributed by atoms with Crippen LogP contribution in [0.15, 0.2) is 0 Å². The van der Waals surface area contributed by atoms with Crippen molar-refractivity contribution < 1.29 is 43.4 Å². The number of rotatable bonds is 12. The van der Waals surface area contributed by atoms with E-state index in [1.807, 2.05) is 0 Å². The van der Waals surface area contributed by atoms with E-state index in [2.05, 4.69) is 28.2 Å². The van der Waals surface area contributed by atoms with E-state index in [0.29, 0.717) is 0 Å². The van der Waals surface area contributed by atoms with Crippen LogP contribution in [0.3, 0.4) is 0 Å². The number of nitrogens with zero attached hydrogens (tertiary/aromatic N) is 2. The van der Waals surface area contributed by atoms with E-state index in [1.165, 1.54) is 0 Å². The molecule has 0 radical (unpaired) electrons. The van der Waals surface area contributed by atoms with Gasteiger partial charge in [0.2, 0.25) is 0 Å². The summed E-state index contributed by atoms with van der Waals surface area (Å²) in [6, 6.07) is 0.